The number of unbranched alkanes of at least 4 members (excludes halogenated alkanes) is 2. The first-order chi connectivity index (χ1) is 12.1. The summed E-state index contributed by atoms with van der Waals surface area (Å²) < 4.78 is 30.0. The molecular formula is C23H24F2. The third-order valence-corrected chi connectivity index (χ3v) is 4.83. The molecule has 0 fully saturated rings. The van der Waals surface area contributed by atoms with Crippen LogP contribution >= 0.6 is 0 Å². The maximum absolute atomic E-state index is 16.1. The number of rotatable bonds is 6. The summed E-state index contributed by atoms with van der Waals surface area (Å²) in [7, 11) is 0. The van der Waals surface area contributed by atoms with E-state index in [0.717, 1.165) is 30.4 Å². The first-order valence-electron chi connectivity index (χ1n) is 9.05. The molecule has 0 saturated heterocycles. The predicted molar refractivity (Wildman–Crippen MR) is 101 cm³/mol. The van der Waals surface area contributed by atoms with Crippen molar-refractivity contribution in [2.45, 2.75) is 44.7 Å². The molecule has 1 aliphatic rings. The first kappa shape index (κ1) is 17.6. The summed E-state index contributed by atoms with van der Waals surface area (Å²) >= 11 is 0. The normalized spacial score (nSPS) is 20.1. The summed E-state index contributed by atoms with van der Waals surface area (Å²) in [5.74, 6) is -0.369. The molecule has 0 nitrogen and oxygen atoms in total. The Morgan fingerprint density at radius 3 is 2.56 bits per heavy atom. The Labute approximate surface area is 148 Å². The molecular weight excluding hydrogens is 314 g/mol. The van der Waals surface area contributed by atoms with Gasteiger partial charge in [-0.2, -0.15) is 0 Å². The maximum Gasteiger partial charge on any atom is 0.165 e. The first-order valence-corrected chi connectivity index (χ1v) is 9.05. The van der Waals surface area contributed by atoms with Gasteiger partial charge in [0.2, 0.25) is 0 Å². The van der Waals surface area contributed by atoms with Crippen LogP contribution in [0.4, 0.5) is 8.78 Å². The minimum absolute atomic E-state index is 0.0258. The Hall–Kier alpha value is -2.22. The van der Waals surface area contributed by atoms with Gasteiger partial charge < -0.3 is 0 Å². The predicted octanol–water partition coefficient (Wildman–Crippen LogP) is 6.92. The smallest absolute Gasteiger partial charge is 0.165 e. The monoisotopic (exact) mass is 338 g/mol. The molecule has 0 aliphatic heterocycles. The lowest BCUT2D eigenvalue weighted by Crippen LogP contribution is -2.24. The second-order valence-corrected chi connectivity index (χ2v) is 6.68. The lowest BCUT2D eigenvalue weighted by molar-refractivity contribution is 0.247. The van der Waals surface area contributed by atoms with Crippen molar-refractivity contribution < 1.29 is 8.78 Å². The van der Waals surface area contributed by atoms with Gasteiger partial charge >= 0.3 is 0 Å². The van der Waals surface area contributed by atoms with Crippen LogP contribution in [0.2, 0.25) is 0 Å². The maximum atomic E-state index is 16.1. The summed E-state index contributed by atoms with van der Waals surface area (Å²) in [6.45, 7) is 2.17. The van der Waals surface area contributed by atoms with Crippen LogP contribution in [0, 0.1) is 0 Å². The summed E-state index contributed by atoms with van der Waals surface area (Å²) in [4.78, 5) is 0. The molecule has 25 heavy (non-hydrogen) atoms. The molecule has 130 valence electrons. The molecule has 0 spiro atoms. The van der Waals surface area contributed by atoms with Gasteiger partial charge in [-0.05, 0) is 41.7 Å². The van der Waals surface area contributed by atoms with Gasteiger partial charge in [0.05, 0.1) is 0 Å². The van der Waals surface area contributed by atoms with Gasteiger partial charge in [-0.15, -0.1) is 0 Å². The largest absolute Gasteiger partial charge is 0.233 e. The molecule has 1 atom stereocenters. The van der Waals surface area contributed by atoms with Crippen LogP contribution in [-0.2, 0) is 12.1 Å². The average molecular weight is 338 g/mol. The van der Waals surface area contributed by atoms with Gasteiger partial charge in [-0.3, -0.25) is 0 Å². The highest BCUT2D eigenvalue weighted by molar-refractivity contribution is 5.77. The molecule has 0 aromatic heterocycles. The Bertz CT molecular complexity index is 774. The van der Waals surface area contributed by atoms with Crippen molar-refractivity contribution in [3.63, 3.8) is 0 Å². The zero-order chi connectivity index (χ0) is 17.7. The second kappa shape index (κ2) is 7.77. The van der Waals surface area contributed by atoms with Gasteiger partial charge in [0, 0.05) is 12.0 Å². The summed E-state index contributed by atoms with van der Waals surface area (Å²) in [5, 5.41) is 0. The lowest BCUT2D eigenvalue weighted by Gasteiger charge is -2.31. The molecule has 2 heteroatoms. The third-order valence-electron chi connectivity index (χ3n) is 4.83. The van der Waals surface area contributed by atoms with Crippen molar-refractivity contribution in [2.24, 2.45) is 0 Å². The molecule has 0 radical (unpaired) electrons. The molecule has 3 rings (SSSR count). The van der Waals surface area contributed by atoms with Crippen molar-refractivity contribution in [2.75, 3.05) is 0 Å². The molecule has 1 aliphatic carbocycles. The van der Waals surface area contributed by atoms with E-state index in [1.807, 2.05) is 54.6 Å². The van der Waals surface area contributed by atoms with Gasteiger partial charge in [0.1, 0.15) is 5.83 Å². The molecule has 0 bridgehead atoms. The standard InChI is InChI=1S/C23H24F2/c1-2-3-5-9-18-10-8-13-20(16-18)23(25)15-14-21(24)17-22(23)19-11-6-4-7-12-19/h4,6-8,10-14,16-17H,2-3,5,9,15H2,1H3. The summed E-state index contributed by atoms with van der Waals surface area (Å²) in [5.41, 5.74) is 1.19. The van der Waals surface area contributed by atoms with E-state index >= 15 is 4.39 Å². The Kier molecular flexibility index (Phi) is 5.47. The molecule has 2 aromatic rings. The van der Waals surface area contributed by atoms with E-state index < -0.39 is 5.67 Å². The van der Waals surface area contributed by atoms with Crippen LogP contribution in [0.1, 0.15) is 49.3 Å². The van der Waals surface area contributed by atoms with E-state index in [1.54, 1.807) is 0 Å². The SMILES string of the molecule is CCCCCc1cccc(C2(F)CC=C(F)C=C2c2ccccc2)c1. The third kappa shape index (κ3) is 3.89. The van der Waals surface area contributed by atoms with E-state index in [2.05, 4.69) is 6.92 Å². The van der Waals surface area contributed by atoms with Gasteiger partial charge in [0.15, 0.2) is 5.67 Å². The van der Waals surface area contributed by atoms with Crippen molar-refractivity contribution in [3.8, 4) is 0 Å². The van der Waals surface area contributed by atoms with Crippen LogP contribution in [0.15, 0.2) is 72.6 Å². The quantitative estimate of drug-likeness (QED) is 0.501. The van der Waals surface area contributed by atoms with Crippen LogP contribution in [-0.4, -0.2) is 0 Å². The molecule has 2 aromatic carbocycles. The van der Waals surface area contributed by atoms with Crippen molar-refractivity contribution in [1.29, 1.82) is 0 Å². The highest BCUT2D eigenvalue weighted by atomic mass is 19.1. The fourth-order valence-electron chi connectivity index (χ4n) is 3.41. The Morgan fingerprint density at radius 1 is 1.00 bits per heavy atom. The minimum Gasteiger partial charge on any atom is -0.233 e. The van der Waals surface area contributed by atoms with Crippen LogP contribution in [0.3, 0.4) is 0 Å². The molecule has 0 amide bonds. The minimum atomic E-state index is -1.70. The topological polar surface area (TPSA) is 0 Å². The number of aryl methyl sites for hydroxylation is 1. The van der Waals surface area contributed by atoms with E-state index in [-0.39, 0.29) is 12.2 Å². The number of allylic oxidation sites excluding steroid dienone is 4. The van der Waals surface area contributed by atoms with E-state index in [4.69, 9.17) is 0 Å². The Morgan fingerprint density at radius 2 is 1.80 bits per heavy atom. The number of hydrogen-bond acceptors (Lipinski definition) is 0. The van der Waals surface area contributed by atoms with Gasteiger partial charge in [-0.25, -0.2) is 8.78 Å². The lowest BCUT2D eigenvalue weighted by atomic mass is 9.78. The van der Waals surface area contributed by atoms with E-state index in [1.165, 1.54) is 18.6 Å². The van der Waals surface area contributed by atoms with Crippen LogP contribution < -0.4 is 0 Å². The molecule has 0 N–H and O–H groups in total. The highest BCUT2D eigenvalue weighted by Crippen LogP contribution is 2.46. The summed E-state index contributed by atoms with van der Waals surface area (Å²) in [6.07, 6.45) is 7.10. The highest BCUT2D eigenvalue weighted by Gasteiger charge is 2.38. The van der Waals surface area contributed by atoms with E-state index in [9.17, 15) is 4.39 Å². The number of hydrogen-bond donors (Lipinski definition) is 0. The van der Waals surface area contributed by atoms with Crippen molar-refractivity contribution in [1.82, 2.24) is 0 Å². The number of halogens is 2. The number of benzene rings is 2. The fourth-order valence-corrected chi connectivity index (χ4v) is 3.41. The molecule has 1 unspecified atom stereocenters. The second-order valence-electron chi connectivity index (χ2n) is 6.68. The zero-order valence-corrected chi connectivity index (χ0v) is 14.6. The summed E-state index contributed by atoms with van der Waals surface area (Å²) in [6, 6.07) is 17.0. The molecule has 0 heterocycles. The molecule has 0 saturated carbocycles. The van der Waals surface area contributed by atoms with Gasteiger partial charge in [0.25, 0.3) is 0 Å². The Balaban J connectivity index is 1.97. The average Bonchev–Trinajstić information content (AvgIpc) is 2.65. The fraction of sp³-hybridized carbons (Fsp3) is 0.304. The van der Waals surface area contributed by atoms with Crippen LogP contribution in [0.25, 0.3) is 5.57 Å². The van der Waals surface area contributed by atoms with Crippen LogP contribution in [0.5, 0.6) is 0 Å². The van der Waals surface area contributed by atoms with Crippen molar-refractivity contribution >= 4 is 5.57 Å². The van der Waals surface area contributed by atoms with E-state index in [0.29, 0.717) is 11.1 Å². The van der Waals surface area contributed by atoms with Crippen molar-refractivity contribution in [3.05, 3.63) is 89.3 Å². The van der Waals surface area contributed by atoms with Gasteiger partial charge in [-0.1, -0.05) is 74.4 Å². The zero-order valence-electron chi connectivity index (χ0n) is 14.6. The number of alkyl halides is 1.